The van der Waals surface area contributed by atoms with Crippen LogP contribution < -0.4 is 16.4 Å². The number of halogens is 1. The molecule has 0 spiro atoms. The Morgan fingerprint density at radius 1 is 1.35 bits per heavy atom. The molecule has 3 rings (SSSR count). The first kappa shape index (κ1) is 14.4. The highest BCUT2D eigenvalue weighted by molar-refractivity contribution is 6.20. The largest absolute Gasteiger partial charge is 0.394 e. The van der Waals surface area contributed by atoms with E-state index >= 15 is 0 Å². The van der Waals surface area contributed by atoms with Crippen LogP contribution in [0.25, 0.3) is 0 Å². The average molecular weight is 308 g/mol. The van der Waals surface area contributed by atoms with Gasteiger partial charge in [-0.05, 0) is 0 Å². The number of nitrogens with two attached hydrogens (primary N) is 1. The Balaban J connectivity index is 1.76. The Kier molecular flexibility index (Phi) is 3.86. The molecule has 0 aliphatic carbocycles. The van der Waals surface area contributed by atoms with E-state index in [4.69, 9.17) is 27.2 Å². The number of aliphatic hydroxyl groups is 3. The minimum absolute atomic E-state index is 0.286. The zero-order chi connectivity index (χ0) is 14.4. The minimum atomic E-state index is -1.15. The molecular weight excluding hydrogens is 290 g/mol. The van der Waals surface area contributed by atoms with E-state index in [1.165, 1.54) is 6.34 Å². The molecule has 0 radical (unpaired) electrons. The second kappa shape index (κ2) is 5.35. The number of alkyl halides is 1. The highest BCUT2D eigenvalue weighted by Crippen LogP contribution is 2.29. The molecule has 0 aromatic carbocycles. The van der Waals surface area contributed by atoms with Crippen molar-refractivity contribution in [1.82, 2.24) is 15.5 Å². The third kappa shape index (κ3) is 2.20. The number of rotatable bonds is 2. The maximum atomic E-state index is 10.0. The lowest BCUT2D eigenvalue weighted by Crippen LogP contribution is -2.70. The SMILES string of the molecule is NC1NC(Cl)NC2C1N=CN2C1OC(CO)C(O)C1O. The molecule has 2 saturated heterocycles. The van der Waals surface area contributed by atoms with E-state index in [-0.39, 0.29) is 18.8 Å². The predicted molar refractivity (Wildman–Crippen MR) is 69.6 cm³/mol. The van der Waals surface area contributed by atoms with Gasteiger partial charge in [-0.25, -0.2) is 0 Å². The van der Waals surface area contributed by atoms with Crippen LogP contribution in [0.15, 0.2) is 4.99 Å². The van der Waals surface area contributed by atoms with Crippen molar-refractivity contribution < 1.29 is 20.1 Å². The lowest BCUT2D eigenvalue weighted by molar-refractivity contribution is -0.0876. The summed E-state index contributed by atoms with van der Waals surface area (Å²) in [5, 5.41) is 34.9. The second-order valence-corrected chi connectivity index (χ2v) is 5.53. The second-order valence-electron chi connectivity index (χ2n) is 5.10. The summed E-state index contributed by atoms with van der Waals surface area (Å²) in [6.07, 6.45) is -3.22. The fourth-order valence-electron chi connectivity index (χ4n) is 2.77. The highest BCUT2D eigenvalue weighted by Gasteiger charge is 2.50. The molecule has 10 heteroatoms. The van der Waals surface area contributed by atoms with Gasteiger partial charge in [0.2, 0.25) is 0 Å². The lowest BCUT2D eigenvalue weighted by atomic mass is 10.1. The number of aliphatic imine (C=N–C) groups is 1. The molecule has 0 aromatic heterocycles. The number of nitrogens with zero attached hydrogens (tertiary/aromatic N) is 2. The van der Waals surface area contributed by atoms with Crippen molar-refractivity contribution in [1.29, 1.82) is 0 Å². The number of ether oxygens (including phenoxy) is 1. The summed E-state index contributed by atoms with van der Waals surface area (Å²) in [7, 11) is 0. The van der Waals surface area contributed by atoms with E-state index in [0.29, 0.717) is 0 Å². The van der Waals surface area contributed by atoms with Gasteiger partial charge in [-0.1, -0.05) is 11.6 Å². The van der Waals surface area contributed by atoms with Gasteiger partial charge in [0.25, 0.3) is 0 Å². The fraction of sp³-hybridized carbons (Fsp3) is 0.900. The van der Waals surface area contributed by atoms with Crippen LogP contribution in [-0.4, -0.2) is 81.7 Å². The van der Waals surface area contributed by atoms with Gasteiger partial charge in [0.05, 0.1) is 19.1 Å². The lowest BCUT2D eigenvalue weighted by Gasteiger charge is -2.41. The third-order valence-electron chi connectivity index (χ3n) is 3.85. The van der Waals surface area contributed by atoms with Gasteiger partial charge >= 0.3 is 0 Å². The van der Waals surface area contributed by atoms with Crippen LogP contribution in [0.4, 0.5) is 0 Å². The standard InChI is InChI=1S/C10H18ClN5O4/c11-10-14-7(12)4-8(15-10)16(2-13-4)9-6(19)5(18)3(1-17)20-9/h2-10,14-15,17-19H,1,12H2. The van der Waals surface area contributed by atoms with Crippen LogP contribution in [0.2, 0.25) is 0 Å². The Morgan fingerprint density at radius 3 is 2.75 bits per heavy atom. The van der Waals surface area contributed by atoms with Crippen molar-refractivity contribution in [2.45, 2.75) is 48.5 Å². The van der Waals surface area contributed by atoms with Crippen molar-refractivity contribution >= 4 is 17.9 Å². The van der Waals surface area contributed by atoms with Crippen molar-refractivity contribution in [2.24, 2.45) is 10.7 Å². The zero-order valence-corrected chi connectivity index (χ0v) is 11.3. The summed E-state index contributed by atoms with van der Waals surface area (Å²) in [6, 6.07) is -0.286. The third-order valence-corrected chi connectivity index (χ3v) is 4.10. The molecule has 0 aromatic rings. The Labute approximate surface area is 120 Å². The van der Waals surface area contributed by atoms with Gasteiger partial charge in [0.1, 0.15) is 36.1 Å². The van der Waals surface area contributed by atoms with Crippen LogP contribution >= 0.6 is 11.6 Å². The van der Waals surface area contributed by atoms with Gasteiger partial charge < -0.3 is 30.7 Å². The van der Waals surface area contributed by atoms with Gasteiger partial charge in [0.15, 0.2) is 6.23 Å². The Hall–Kier alpha value is -0.520. The fourth-order valence-corrected chi connectivity index (χ4v) is 3.05. The first-order valence-electron chi connectivity index (χ1n) is 6.38. The summed E-state index contributed by atoms with van der Waals surface area (Å²) < 4.78 is 5.48. The maximum Gasteiger partial charge on any atom is 0.161 e. The monoisotopic (exact) mass is 307 g/mol. The van der Waals surface area contributed by atoms with E-state index in [1.54, 1.807) is 4.90 Å². The van der Waals surface area contributed by atoms with E-state index in [0.717, 1.165) is 0 Å². The van der Waals surface area contributed by atoms with Gasteiger partial charge in [-0.3, -0.25) is 15.6 Å². The quantitative estimate of drug-likeness (QED) is 0.228. The molecule has 3 aliphatic heterocycles. The summed E-state index contributed by atoms with van der Waals surface area (Å²) in [5.74, 6) is 0. The molecular formula is C10H18ClN5O4. The van der Waals surface area contributed by atoms with E-state index in [1.807, 2.05) is 0 Å². The van der Waals surface area contributed by atoms with Crippen LogP contribution in [0.5, 0.6) is 0 Å². The molecule has 0 amide bonds. The molecule has 2 fully saturated rings. The van der Waals surface area contributed by atoms with E-state index in [2.05, 4.69) is 15.6 Å². The van der Waals surface area contributed by atoms with Gasteiger partial charge in [-0.2, -0.15) is 0 Å². The van der Waals surface area contributed by atoms with Gasteiger partial charge in [-0.15, -0.1) is 0 Å². The number of aliphatic hydroxyl groups excluding tert-OH is 3. The molecule has 0 bridgehead atoms. The molecule has 114 valence electrons. The maximum absolute atomic E-state index is 10.0. The Morgan fingerprint density at radius 2 is 2.10 bits per heavy atom. The summed E-state index contributed by atoms with van der Waals surface area (Å²) in [6.45, 7) is -0.375. The van der Waals surface area contributed by atoms with Gasteiger partial charge in [0, 0.05) is 0 Å². The first-order valence-corrected chi connectivity index (χ1v) is 6.81. The van der Waals surface area contributed by atoms with Crippen molar-refractivity contribution in [3.8, 4) is 0 Å². The molecule has 3 aliphatic rings. The molecule has 0 saturated carbocycles. The topological polar surface area (TPSA) is 136 Å². The summed E-state index contributed by atoms with van der Waals surface area (Å²) >= 11 is 5.99. The molecule has 9 nitrogen and oxygen atoms in total. The summed E-state index contributed by atoms with van der Waals surface area (Å²) in [4.78, 5) is 5.90. The summed E-state index contributed by atoms with van der Waals surface area (Å²) in [5.41, 5.74) is 5.38. The molecule has 20 heavy (non-hydrogen) atoms. The normalized spacial score (nSPS) is 51.5. The van der Waals surface area contributed by atoms with Crippen molar-refractivity contribution in [2.75, 3.05) is 6.61 Å². The predicted octanol–water partition coefficient (Wildman–Crippen LogP) is -3.54. The average Bonchev–Trinajstić information content (AvgIpc) is 2.93. The first-order chi connectivity index (χ1) is 9.52. The highest BCUT2D eigenvalue weighted by atomic mass is 35.5. The van der Waals surface area contributed by atoms with Crippen LogP contribution in [0.3, 0.4) is 0 Å². The van der Waals surface area contributed by atoms with Crippen LogP contribution in [0.1, 0.15) is 0 Å². The Bertz CT molecular complexity index is 402. The van der Waals surface area contributed by atoms with E-state index < -0.39 is 36.3 Å². The minimum Gasteiger partial charge on any atom is -0.394 e. The molecule has 7 N–H and O–H groups in total. The molecule has 3 heterocycles. The molecule has 8 atom stereocenters. The van der Waals surface area contributed by atoms with E-state index in [9.17, 15) is 10.2 Å². The molecule has 8 unspecified atom stereocenters. The number of fused-ring (bicyclic) bond motifs is 1. The number of nitrogens with one attached hydrogen (secondary N) is 2. The van der Waals surface area contributed by atoms with Crippen molar-refractivity contribution in [3.63, 3.8) is 0 Å². The van der Waals surface area contributed by atoms with Crippen LogP contribution in [-0.2, 0) is 4.74 Å². The van der Waals surface area contributed by atoms with Crippen LogP contribution in [0, 0.1) is 0 Å². The van der Waals surface area contributed by atoms with Crippen molar-refractivity contribution in [3.05, 3.63) is 0 Å². The zero-order valence-electron chi connectivity index (χ0n) is 10.5. The smallest absolute Gasteiger partial charge is 0.161 e. The number of hydrogen-bond acceptors (Lipinski definition) is 9. The number of hydrogen-bond donors (Lipinski definition) is 6.